The van der Waals surface area contributed by atoms with E-state index < -0.39 is 0 Å². The maximum absolute atomic E-state index is 8.96. The maximum Gasteiger partial charge on any atom is 0.333 e. The Morgan fingerprint density at radius 1 is 1.60 bits per heavy atom. The first kappa shape index (κ1) is 7.03. The largest absolute Gasteiger partial charge is 0.333 e. The molecule has 0 amide bonds. The Morgan fingerprint density at radius 2 is 2.30 bits per heavy atom. The number of pyridine rings is 1. The van der Waals surface area contributed by atoms with Gasteiger partial charge >= 0.3 is 5.69 Å². The smallest absolute Gasteiger partial charge is 0.284 e. The number of aromatic nitrogens is 1. The van der Waals surface area contributed by atoms with E-state index >= 15 is 0 Å². The van der Waals surface area contributed by atoms with Gasteiger partial charge in [-0.2, -0.15) is 5.26 Å². The van der Waals surface area contributed by atoms with Gasteiger partial charge in [-0.1, -0.05) is 0 Å². The molecule has 0 saturated carbocycles. The molecular formula is C6H4BrN2O+. The Hall–Kier alpha value is -1.08. The fourth-order valence-corrected chi connectivity index (χ4v) is 0.879. The monoisotopic (exact) mass is 199 g/mol. The molecule has 0 aromatic carbocycles. The fourth-order valence-electron chi connectivity index (χ4n) is 0.553. The summed E-state index contributed by atoms with van der Waals surface area (Å²) >= 11 is 3.14. The molecular weight excluding hydrogens is 196 g/mol. The van der Waals surface area contributed by atoms with Crippen LogP contribution in [-0.4, -0.2) is 5.21 Å². The molecule has 0 radical (unpaired) electrons. The summed E-state index contributed by atoms with van der Waals surface area (Å²) < 4.78 is 1.50. The second-order valence-corrected chi connectivity index (χ2v) is 2.60. The molecule has 1 aromatic rings. The predicted molar refractivity (Wildman–Crippen MR) is 36.2 cm³/mol. The minimum atomic E-state index is 0.211. The molecule has 0 bridgehead atoms. The molecule has 0 aliphatic carbocycles. The summed E-state index contributed by atoms with van der Waals surface area (Å²) in [4.78, 5) is 0. The Bertz CT molecular complexity index is 292. The van der Waals surface area contributed by atoms with Crippen LogP contribution in [0.4, 0.5) is 0 Å². The topological polar surface area (TPSA) is 47.9 Å². The quantitative estimate of drug-likeness (QED) is 0.498. The molecule has 0 saturated heterocycles. The summed E-state index contributed by atoms with van der Waals surface area (Å²) in [5.41, 5.74) is 0.211. The second-order valence-electron chi connectivity index (χ2n) is 1.69. The number of halogens is 1. The molecule has 0 unspecified atom stereocenters. The van der Waals surface area contributed by atoms with Crippen LogP contribution in [0.1, 0.15) is 5.69 Å². The first-order chi connectivity index (χ1) is 4.74. The van der Waals surface area contributed by atoms with E-state index in [0.717, 1.165) is 9.20 Å². The van der Waals surface area contributed by atoms with Gasteiger partial charge in [-0.3, -0.25) is 5.21 Å². The van der Waals surface area contributed by atoms with Crippen molar-refractivity contribution >= 4 is 15.9 Å². The molecule has 0 spiro atoms. The molecule has 3 nitrogen and oxygen atoms in total. The lowest BCUT2D eigenvalue weighted by Gasteiger charge is -1.85. The van der Waals surface area contributed by atoms with E-state index in [2.05, 4.69) is 15.9 Å². The SMILES string of the molecule is N#Cc1ccc(Br)c[n+]1O. The van der Waals surface area contributed by atoms with Gasteiger partial charge in [0, 0.05) is 10.8 Å². The van der Waals surface area contributed by atoms with Crippen LogP contribution in [0.25, 0.3) is 0 Å². The van der Waals surface area contributed by atoms with Crippen molar-refractivity contribution in [2.24, 2.45) is 0 Å². The Kier molecular flexibility index (Phi) is 1.88. The van der Waals surface area contributed by atoms with Crippen molar-refractivity contribution in [2.45, 2.75) is 0 Å². The van der Waals surface area contributed by atoms with Crippen LogP contribution in [0, 0.1) is 11.3 Å². The molecule has 0 aliphatic heterocycles. The first-order valence-corrected chi connectivity index (χ1v) is 3.34. The zero-order chi connectivity index (χ0) is 7.56. The highest BCUT2D eigenvalue weighted by atomic mass is 79.9. The number of rotatable bonds is 0. The highest BCUT2D eigenvalue weighted by Crippen LogP contribution is 2.04. The van der Waals surface area contributed by atoms with E-state index in [1.54, 1.807) is 6.07 Å². The highest BCUT2D eigenvalue weighted by Gasteiger charge is 2.07. The summed E-state index contributed by atoms with van der Waals surface area (Å²) in [6.45, 7) is 0. The molecule has 4 heteroatoms. The van der Waals surface area contributed by atoms with Crippen molar-refractivity contribution in [1.29, 1.82) is 5.26 Å². The van der Waals surface area contributed by atoms with Crippen molar-refractivity contribution in [3.05, 3.63) is 28.5 Å². The maximum atomic E-state index is 8.96. The average Bonchev–Trinajstić information content (AvgIpc) is 1.88. The van der Waals surface area contributed by atoms with Gasteiger partial charge in [0.2, 0.25) is 6.20 Å². The van der Waals surface area contributed by atoms with Gasteiger partial charge in [0.15, 0.2) is 6.07 Å². The van der Waals surface area contributed by atoms with Gasteiger partial charge < -0.3 is 0 Å². The van der Waals surface area contributed by atoms with Gasteiger partial charge in [0.05, 0.1) is 4.47 Å². The lowest BCUT2D eigenvalue weighted by Crippen LogP contribution is -2.33. The molecule has 0 aliphatic rings. The summed E-state index contributed by atoms with van der Waals surface area (Å²) in [6.07, 6.45) is 1.40. The van der Waals surface area contributed by atoms with Gasteiger partial charge in [-0.25, -0.2) is 0 Å². The van der Waals surface area contributed by atoms with Crippen LogP contribution < -0.4 is 4.73 Å². The van der Waals surface area contributed by atoms with Crippen LogP contribution in [-0.2, 0) is 0 Å². The van der Waals surface area contributed by atoms with Crippen molar-refractivity contribution in [2.75, 3.05) is 0 Å². The summed E-state index contributed by atoms with van der Waals surface area (Å²) in [5.74, 6) is 0. The average molecular weight is 200 g/mol. The Labute approximate surface area is 66.2 Å². The van der Waals surface area contributed by atoms with Crippen LogP contribution in [0.5, 0.6) is 0 Å². The lowest BCUT2D eigenvalue weighted by atomic mass is 10.4. The molecule has 10 heavy (non-hydrogen) atoms. The number of hydrogen-bond donors (Lipinski definition) is 1. The summed E-state index contributed by atoms with van der Waals surface area (Å²) in [5, 5.41) is 17.3. The molecule has 1 rings (SSSR count). The normalized spacial score (nSPS) is 8.80. The van der Waals surface area contributed by atoms with E-state index in [1.165, 1.54) is 12.3 Å². The second kappa shape index (κ2) is 2.67. The van der Waals surface area contributed by atoms with Crippen molar-refractivity contribution in [3.63, 3.8) is 0 Å². The van der Waals surface area contributed by atoms with E-state index in [4.69, 9.17) is 10.5 Å². The van der Waals surface area contributed by atoms with Gasteiger partial charge in [-0.05, 0) is 22.0 Å². The number of nitriles is 1. The van der Waals surface area contributed by atoms with Crippen LogP contribution in [0.2, 0.25) is 0 Å². The standard InChI is InChI=1S/C6H4BrN2O/c7-5-1-2-6(3-8)9(10)4-5/h1-2,4,10H/q+1. The third kappa shape index (κ3) is 1.25. The summed E-state index contributed by atoms with van der Waals surface area (Å²) in [7, 11) is 0. The van der Waals surface area contributed by atoms with Crippen molar-refractivity contribution < 1.29 is 9.94 Å². The van der Waals surface area contributed by atoms with Gasteiger partial charge in [-0.15, -0.1) is 0 Å². The van der Waals surface area contributed by atoms with Crippen LogP contribution >= 0.6 is 15.9 Å². The molecule has 0 fully saturated rings. The van der Waals surface area contributed by atoms with Crippen LogP contribution in [0.3, 0.4) is 0 Å². The highest BCUT2D eigenvalue weighted by molar-refractivity contribution is 9.10. The Morgan fingerprint density at radius 3 is 2.80 bits per heavy atom. The summed E-state index contributed by atoms with van der Waals surface area (Å²) in [6, 6.07) is 5.02. The third-order valence-corrected chi connectivity index (χ3v) is 1.48. The van der Waals surface area contributed by atoms with E-state index in [9.17, 15) is 0 Å². The van der Waals surface area contributed by atoms with Crippen LogP contribution in [0.15, 0.2) is 22.8 Å². The molecule has 1 N–H and O–H groups in total. The minimum absolute atomic E-state index is 0.211. The zero-order valence-corrected chi connectivity index (χ0v) is 6.54. The fraction of sp³-hybridized carbons (Fsp3) is 0. The van der Waals surface area contributed by atoms with Gasteiger partial charge in [0.25, 0.3) is 0 Å². The molecule has 50 valence electrons. The molecule has 1 aromatic heterocycles. The third-order valence-electron chi connectivity index (χ3n) is 1.01. The number of hydrogen-bond acceptors (Lipinski definition) is 2. The van der Waals surface area contributed by atoms with Crippen molar-refractivity contribution in [1.82, 2.24) is 0 Å². The Balaban J connectivity index is 3.23. The lowest BCUT2D eigenvalue weighted by molar-refractivity contribution is -0.906. The zero-order valence-electron chi connectivity index (χ0n) is 4.95. The van der Waals surface area contributed by atoms with Gasteiger partial charge in [0.1, 0.15) is 0 Å². The molecule has 1 heterocycles. The van der Waals surface area contributed by atoms with E-state index in [-0.39, 0.29) is 5.69 Å². The van der Waals surface area contributed by atoms with Crippen molar-refractivity contribution in [3.8, 4) is 6.07 Å². The van der Waals surface area contributed by atoms with E-state index in [1.807, 2.05) is 6.07 Å². The number of nitrogens with zero attached hydrogens (tertiary/aromatic N) is 2. The predicted octanol–water partition coefficient (Wildman–Crippen LogP) is 0.846. The first-order valence-electron chi connectivity index (χ1n) is 2.54. The van der Waals surface area contributed by atoms with E-state index in [0.29, 0.717) is 0 Å². The minimum Gasteiger partial charge on any atom is -0.284 e. The molecule has 0 atom stereocenters.